The van der Waals surface area contributed by atoms with Gasteiger partial charge in [-0.05, 0) is 37.0 Å². The summed E-state index contributed by atoms with van der Waals surface area (Å²) in [5.41, 5.74) is 1.32. The molecule has 0 bridgehead atoms. The van der Waals surface area contributed by atoms with Gasteiger partial charge in [-0.3, -0.25) is 0 Å². The number of aliphatic hydroxyl groups excluding tert-OH is 1. The van der Waals surface area contributed by atoms with Crippen molar-refractivity contribution in [2.45, 2.75) is 32.0 Å². The first-order chi connectivity index (χ1) is 6.94. The second-order valence-corrected chi connectivity index (χ2v) is 4.34. The molecule has 1 nitrogen and oxygen atoms in total. The van der Waals surface area contributed by atoms with Gasteiger partial charge in [0.1, 0.15) is 0 Å². The number of alkyl halides is 1. The molecule has 0 aliphatic heterocycles. The van der Waals surface area contributed by atoms with E-state index >= 15 is 0 Å². The third kappa shape index (κ3) is 1.40. The van der Waals surface area contributed by atoms with Crippen LogP contribution in [0.4, 0.5) is 4.39 Å². The molecular formula is C13H15FO. The average molecular weight is 206 g/mol. The van der Waals surface area contributed by atoms with Crippen molar-refractivity contribution in [2.75, 3.05) is 0 Å². The van der Waals surface area contributed by atoms with Crippen LogP contribution in [0.15, 0.2) is 30.4 Å². The molecule has 0 fully saturated rings. The second-order valence-electron chi connectivity index (χ2n) is 4.34. The van der Waals surface area contributed by atoms with Gasteiger partial charge in [0.15, 0.2) is 5.67 Å². The lowest BCUT2D eigenvalue weighted by Gasteiger charge is -2.21. The van der Waals surface area contributed by atoms with Crippen LogP contribution in [0, 0.1) is 0 Å². The molecule has 0 saturated carbocycles. The Morgan fingerprint density at radius 3 is 2.80 bits per heavy atom. The third-order valence-corrected chi connectivity index (χ3v) is 3.17. The minimum Gasteiger partial charge on any atom is -0.389 e. The van der Waals surface area contributed by atoms with E-state index in [1.807, 2.05) is 12.1 Å². The highest BCUT2D eigenvalue weighted by Crippen LogP contribution is 2.46. The monoisotopic (exact) mass is 206 g/mol. The molecule has 2 rings (SSSR count). The summed E-state index contributed by atoms with van der Waals surface area (Å²) in [5, 5.41) is 9.61. The molecule has 15 heavy (non-hydrogen) atoms. The van der Waals surface area contributed by atoms with Gasteiger partial charge >= 0.3 is 0 Å². The van der Waals surface area contributed by atoms with Gasteiger partial charge in [-0.25, -0.2) is 4.39 Å². The van der Waals surface area contributed by atoms with Crippen molar-refractivity contribution < 1.29 is 9.50 Å². The molecule has 1 aliphatic carbocycles. The number of rotatable bonds is 1. The van der Waals surface area contributed by atoms with Crippen LogP contribution in [0.25, 0.3) is 0 Å². The van der Waals surface area contributed by atoms with E-state index in [1.165, 1.54) is 6.92 Å². The fourth-order valence-electron chi connectivity index (χ4n) is 2.26. The van der Waals surface area contributed by atoms with Crippen molar-refractivity contribution in [2.24, 2.45) is 0 Å². The quantitative estimate of drug-likeness (QED) is 0.700. The van der Waals surface area contributed by atoms with Crippen molar-refractivity contribution in [3.8, 4) is 0 Å². The molecule has 2 heteroatoms. The van der Waals surface area contributed by atoms with Crippen molar-refractivity contribution >= 4 is 0 Å². The zero-order valence-electron chi connectivity index (χ0n) is 9.05. The number of fused-ring (bicyclic) bond motifs is 1. The Balaban J connectivity index is 2.67. The highest BCUT2D eigenvalue weighted by molar-refractivity contribution is 5.51. The number of aliphatic hydroxyl groups is 1. The summed E-state index contributed by atoms with van der Waals surface area (Å²) < 4.78 is 14.4. The predicted octanol–water partition coefficient (Wildman–Crippen LogP) is 3.04. The van der Waals surface area contributed by atoms with Crippen LogP contribution in [0.1, 0.15) is 36.6 Å². The summed E-state index contributed by atoms with van der Waals surface area (Å²) in [4.78, 5) is 0. The average Bonchev–Trinajstić information content (AvgIpc) is 2.38. The van der Waals surface area contributed by atoms with Crippen molar-refractivity contribution in [1.82, 2.24) is 0 Å². The fourth-order valence-corrected chi connectivity index (χ4v) is 2.26. The smallest absolute Gasteiger partial charge is 0.155 e. The Hall–Kier alpha value is -1.15. The SMILES string of the molecule is C=C1Cc2cccc(C(C)O)c2[C@]1(C)F. The van der Waals surface area contributed by atoms with Crippen molar-refractivity contribution in [3.05, 3.63) is 47.0 Å². The Morgan fingerprint density at radius 1 is 1.53 bits per heavy atom. The summed E-state index contributed by atoms with van der Waals surface area (Å²) >= 11 is 0. The molecule has 0 aromatic heterocycles. The second kappa shape index (κ2) is 3.17. The molecule has 0 radical (unpaired) electrons. The highest BCUT2D eigenvalue weighted by atomic mass is 19.1. The maximum Gasteiger partial charge on any atom is 0.155 e. The van der Waals surface area contributed by atoms with Crippen LogP contribution in [0.3, 0.4) is 0 Å². The van der Waals surface area contributed by atoms with E-state index in [1.54, 1.807) is 13.0 Å². The molecule has 0 spiro atoms. The number of halogens is 1. The molecule has 1 aromatic carbocycles. The molecule has 0 heterocycles. The zero-order chi connectivity index (χ0) is 11.2. The van der Waals surface area contributed by atoms with Crippen LogP contribution in [-0.2, 0) is 12.1 Å². The molecule has 1 N–H and O–H groups in total. The van der Waals surface area contributed by atoms with Crippen molar-refractivity contribution in [1.29, 1.82) is 0 Å². The number of hydrogen-bond donors (Lipinski definition) is 1. The van der Waals surface area contributed by atoms with Crippen LogP contribution in [0.2, 0.25) is 0 Å². The number of benzene rings is 1. The van der Waals surface area contributed by atoms with E-state index in [4.69, 9.17) is 0 Å². The Kier molecular flexibility index (Phi) is 2.19. The van der Waals surface area contributed by atoms with Gasteiger partial charge in [-0.2, -0.15) is 0 Å². The van der Waals surface area contributed by atoms with Gasteiger partial charge < -0.3 is 5.11 Å². The van der Waals surface area contributed by atoms with Gasteiger partial charge in [0.25, 0.3) is 0 Å². The molecular weight excluding hydrogens is 191 g/mol. The molecule has 1 aromatic rings. The topological polar surface area (TPSA) is 20.2 Å². The normalized spacial score (nSPS) is 26.5. The molecule has 2 atom stereocenters. The number of allylic oxidation sites excluding steroid dienone is 1. The summed E-state index contributed by atoms with van der Waals surface area (Å²) in [6.45, 7) is 6.95. The first-order valence-electron chi connectivity index (χ1n) is 5.12. The fraction of sp³-hybridized carbons (Fsp3) is 0.385. The van der Waals surface area contributed by atoms with E-state index in [9.17, 15) is 9.50 Å². The van der Waals surface area contributed by atoms with E-state index in [0.29, 0.717) is 23.1 Å². The molecule has 0 amide bonds. The first-order valence-corrected chi connectivity index (χ1v) is 5.12. The predicted molar refractivity (Wildman–Crippen MR) is 58.4 cm³/mol. The standard InChI is InChI=1S/C13H15FO/c1-8-7-10-5-4-6-11(9(2)15)12(10)13(8,3)14/h4-6,9,15H,1,7H2,2-3H3/t9?,13-/m1/s1. The maximum absolute atomic E-state index is 14.4. The van der Waals surface area contributed by atoms with Gasteiger partial charge in [0.2, 0.25) is 0 Å². The lowest BCUT2D eigenvalue weighted by Crippen LogP contribution is -2.15. The largest absolute Gasteiger partial charge is 0.389 e. The minimum atomic E-state index is -1.50. The minimum absolute atomic E-state index is 0.572. The molecule has 1 unspecified atom stereocenters. The van der Waals surface area contributed by atoms with Crippen molar-refractivity contribution in [3.63, 3.8) is 0 Å². The first kappa shape index (κ1) is 10.4. The lowest BCUT2D eigenvalue weighted by atomic mass is 9.91. The Labute approximate surface area is 89.3 Å². The summed E-state index contributed by atoms with van der Waals surface area (Å²) in [6.07, 6.45) is -0.0657. The van der Waals surface area contributed by atoms with Gasteiger partial charge in [-0.15, -0.1) is 0 Å². The summed E-state index contributed by atoms with van der Waals surface area (Å²) in [7, 11) is 0. The van der Waals surface area contributed by atoms with Crippen LogP contribution >= 0.6 is 0 Å². The van der Waals surface area contributed by atoms with Gasteiger partial charge in [-0.1, -0.05) is 24.8 Å². The molecule has 0 saturated heterocycles. The third-order valence-electron chi connectivity index (χ3n) is 3.17. The molecule has 1 aliphatic rings. The van der Waals surface area contributed by atoms with Crippen LogP contribution in [0.5, 0.6) is 0 Å². The van der Waals surface area contributed by atoms with Gasteiger partial charge in [0.05, 0.1) is 6.10 Å². The van der Waals surface area contributed by atoms with E-state index in [0.717, 1.165) is 5.56 Å². The van der Waals surface area contributed by atoms with E-state index < -0.39 is 11.8 Å². The summed E-state index contributed by atoms with van der Waals surface area (Å²) in [6, 6.07) is 5.53. The van der Waals surface area contributed by atoms with E-state index in [2.05, 4.69) is 6.58 Å². The lowest BCUT2D eigenvalue weighted by molar-refractivity contribution is 0.188. The number of hydrogen-bond acceptors (Lipinski definition) is 1. The van der Waals surface area contributed by atoms with Crippen LogP contribution < -0.4 is 0 Å². The summed E-state index contributed by atoms with van der Waals surface area (Å²) in [5.74, 6) is 0. The maximum atomic E-state index is 14.4. The molecule has 80 valence electrons. The Bertz CT molecular complexity index is 419. The van der Waals surface area contributed by atoms with Gasteiger partial charge in [0, 0.05) is 5.56 Å². The van der Waals surface area contributed by atoms with E-state index in [-0.39, 0.29) is 0 Å². The Morgan fingerprint density at radius 2 is 2.20 bits per heavy atom. The highest BCUT2D eigenvalue weighted by Gasteiger charge is 2.40. The zero-order valence-corrected chi connectivity index (χ0v) is 9.05. The van der Waals surface area contributed by atoms with Crippen LogP contribution in [-0.4, -0.2) is 5.11 Å².